The van der Waals surface area contributed by atoms with Crippen molar-refractivity contribution in [2.24, 2.45) is 0 Å². The van der Waals surface area contributed by atoms with E-state index in [-0.39, 0.29) is 0 Å². The first-order chi connectivity index (χ1) is 18.3. The summed E-state index contributed by atoms with van der Waals surface area (Å²) < 4.78 is 2.08. The molecular weight excluding hydrogens is 450 g/mol. The van der Waals surface area contributed by atoms with Crippen LogP contribution in [0.2, 0.25) is 0 Å². The number of benzene rings is 5. The third-order valence-electron chi connectivity index (χ3n) is 7.21. The van der Waals surface area contributed by atoms with Crippen molar-refractivity contribution >= 4 is 60.0 Å². The summed E-state index contributed by atoms with van der Waals surface area (Å²) in [7, 11) is 0. The Labute approximate surface area is 214 Å². The average Bonchev–Trinajstić information content (AvgIpc) is 3.31. The van der Waals surface area contributed by atoms with Gasteiger partial charge in [0.2, 0.25) is 0 Å². The Morgan fingerprint density at radius 3 is 2.14 bits per heavy atom. The van der Waals surface area contributed by atoms with Crippen LogP contribution in [0.3, 0.4) is 0 Å². The zero-order valence-electron chi connectivity index (χ0n) is 20.1. The summed E-state index contributed by atoms with van der Waals surface area (Å²) in [5, 5.41) is 18.4. The van der Waals surface area contributed by atoms with E-state index in [1.807, 2.05) is 30.5 Å². The molecule has 37 heavy (non-hydrogen) atoms. The molecule has 0 aliphatic carbocycles. The average molecular weight is 474 g/mol. The molecule has 0 spiro atoms. The van der Waals surface area contributed by atoms with Crippen LogP contribution in [0.1, 0.15) is 0 Å². The summed E-state index contributed by atoms with van der Waals surface area (Å²) in [6.07, 6.45) is 7.19. The summed E-state index contributed by atoms with van der Waals surface area (Å²) in [6, 6.07) is 33.9. The second kappa shape index (κ2) is 8.28. The topological polar surface area (TPSA) is 41.7 Å². The van der Waals surface area contributed by atoms with Gasteiger partial charge >= 0.3 is 0 Å². The molecule has 2 aromatic heterocycles. The van der Waals surface area contributed by atoms with Gasteiger partial charge < -0.3 is 0 Å². The standard InChI is InChI=1S/C34H23N3/c1-2-3-19-31(35)37-30-18-9-8-16-26(30)33-32-24-14-6-4-12-22(24)27(29-17-10-11-20-36-29)21-28(32)23-13-5-7-15-25(23)34(33)37/h2-21,35H,1H2/b19-3-,35-31?. The molecule has 0 aliphatic heterocycles. The zero-order valence-corrected chi connectivity index (χ0v) is 20.1. The Morgan fingerprint density at radius 1 is 0.703 bits per heavy atom. The lowest BCUT2D eigenvalue weighted by molar-refractivity contribution is 1.25. The molecular formula is C34H23N3. The highest BCUT2D eigenvalue weighted by atomic mass is 15.0. The van der Waals surface area contributed by atoms with Gasteiger partial charge in [-0.15, -0.1) is 0 Å². The lowest BCUT2D eigenvalue weighted by Gasteiger charge is -2.15. The minimum absolute atomic E-state index is 0.407. The molecule has 0 aliphatic rings. The molecule has 0 atom stereocenters. The highest BCUT2D eigenvalue weighted by Gasteiger charge is 2.21. The van der Waals surface area contributed by atoms with E-state index < -0.39 is 0 Å². The second-order valence-electron chi connectivity index (χ2n) is 9.21. The molecule has 174 valence electrons. The van der Waals surface area contributed by atoms with Crippen LogP contribution in [0.25, 0.3) is 65.4 Å². The van der Waals surface area contributed by atoms with Crippen molar-refractivity contribution in [2.45, 2.75) is 0 Å². The fraction of sp³-hybridized carbons (Fsp3) is 0. The molecule has 7 rings (SSSR count). The van der Waals surface area contributed by atoms with Gasteiger partial charge in [0.05, 0.1) is 16.7 Å². The quantitative estimate of drug-likeness (QED) is 0.118. The maximum Gasteiger partial charge on any atom is 0.129 e. The van der Waals surface area contributed by atoms with Crippen molar-refractivity contribution in [3.63, 3.8) is 0 Å². The summed E-state index contributed by atoms with van der Waals surface area (Å²) >= 11 is 0. The maximum absolute atomic E-state index is 9.03. The van der Waals surface area contributed by atoms with Crippen LogP contribution in [0.15, 0.2) is 128 Å². The van der Waals surface area contributed by atoms with Crippen LogP contribution in [0, 0.1) is 5.41 Å². The molecule has 0 amide bonds. The SMILES string of the molecule is C=C/C=C\C(=N)n1c2ccccc2c2c3c4ccccc4c(-c4ccccn4)cc3c3ccccc3c21. The van der Waals surface area contributed by atoms with Crippen LogP contribution < -0.4 is 0 Å². The molecule has 0 saturated heterocycles. The van der Waals surface area contributed by atoms with E-state index in [2.05, 4.69) is 90.0 Å². The smallest absolute Gasteiger partial charge is 0.129 e. The molecule has 3 nitrogen and oxygen atoms in total. The normalized spacial score (nSPS) is 11.9. The number of para-hydroxylation sites is 1. The minimum atomic E-state index is 0.407. The van der Waals surface area contributed by atoms with Crippen molar-refractivity contribution in [1.29, 1.82) is 5.41 Å². The van der Waals surface area contributed by atoms with Crippen molar-refractivity contribution in [1.82, 2.24) is 9.55 Å². The number of hydrogen-bond donors (Lipinski definition) is 1. The summed E-state index contributed by atoms with van der Waals surface area (Å²) in [5.41, 5.74) is 4.16. The predicted octanol–water partition coefficient (Wildman–Crippen LogP) is 8.88. The van der Waals surface area contributed by atoms with Gasteiger partial charge in [0, 0.05) is 33.3 Å². The van der Waals surface area contributed by atoms with Crippen molar-refractivity contribution in [3.05, 3.63) is 128 Å². The fourth-order valence-corrected chi connectivity index (χ4v) is 5.75. The largest absolute Gasteiger partial charge is 0.294 e. The first-order valence-corrected chi connectivity index (χ1v) is 12.4. The molecule has 0 bridgehead atoms. The summed E-state index contributed by atoms with van der Waals surface area (Å²) in [4.78, 5) is 4.71. The van der Waals surface area contributed by atoms with Gasteiger partial charge in [-0.25, -0.2) is 0 Å². The molecule has 5 aromatic carbocycles. The van der Waals surface area contributed by atoms with E-state index in [1.165, 1.54) is 26.9 Å². The number of aromatic nitrogens is 2. The number of rotatable bonds is 3. The number of fused-ring (bicyclic) bond motifs is 10. The number of pyridine rings is 1. The van der Waals surface area contributed by atoms with Crippen LogP contribution in [0.5, 0.6) is 0 Å². The third kappa shape index (κ3) is 3.08. The Morgan fingerprint density at radius 2 is 1.38 bits per heavy atom. The monoisotopic (exact) mass is 473 g/mol. The lowest BCUT2D eigenvalue weighted by Crippen LogP contribution is -2.07. The molecule has 2 heterocycles. The Balaban J connectivity index is 1.80. The minimum Gasteiger partial charge on any atom is -0.294 e. The van der Waals surface area contributed by atoms with Gasteiger partial charge in [-0.3, -0.25) is 15.0 Å². The van der Waals surface area contributed by atoms with E-state index >= 15 is 0 Å². The van der Waals surface area contributed by atoms with Gasteiger partial charge in [0.15, 0.2) is 0 Å². The molecule has 7 aromatic rings. The van der Waals surface area contributed by atoms with Crippen LogP contribution in [-0.2, 0) is 0 Å². The fourth-order valence-electron chi connectivity index (χ4n) is 5.75. The van der Waals surface area contributed by atoms with Crippen LogP contribution in [0.4, 0.5) is 0 Å². The van der Waals surface area contributed by atoms with Crippen molar-refractivity contribution < 1.29 is 0 Å². The third-order valence-corrected chi connectivity index (χ3v) is 7.21. The maximum atomic E-state index is 9.03. The van der Waals surface area contributed by atoms with E-state index in [4.69, 9.17) is 10.4 Å². The van der Waals surface area contributed by atoms with Gasteiger partial charge in [0.1, 0.15) is 5.84 Å². The second-order valence-corrected chi connectivity index (χ2v) is 9.21. The van der Waals surface area contributed by atoms with Gasteiger partial charge in [0.25, 0.3) is 0 Å². The molecule has 0 unspecified atom stereocenters. The Hall–Kier alpha value is -5.02. The van der Waals surface area contributed by atoms with Crippen LogP contribution >= 0.6 is 0 Å². The first-order valence-electron chi connectivity index (χ1n) is 12.4. The predicted molar refractivity (Wildman–Crippen MR) is 158 cm³/mol. The molecule has 0 fully saturated rings. The van der Waals surface area contributed by atoms with E-state index in [1.54, 1.807) is 12.2 Å². The van der Waals surface area contributed by atoms with Gasteiger partial charge in [-0.05, 0) is 51.9 Å². The van der Waals surface area contributed by atoms with E-state index in [9.17, 15) is 0 Å². The van der Waals surface area contributed by atoms with E-state index in [0.29, 0.717) is 5.84 Å². The van der Waals surface area contributed by atoms with Crippen molar-refractivity contribution in [3.8, 4) is 11.3 Å². The van der Waals surface area contributed by atoms with Gasteiger partial charge in [-0.1, -0.05) is 91.5 Å². The number of nitrogens with zero attached hydrogens (tertiary/aromatic N) is 2. The Kier molecular flexibility index (Phi) is 4.76. The first kappa shape index (κ1) is 21.3. The molecule has 0 saturated carbocycles. The van der Waals surface area contributed by atoms with Crippen molar-refractivity contribution in [2.75, 3.05) is 0 Å². The number of hydrogen-bond acceptors (Lipinski definition) is 2. The number of allylic oxidation sites excluding steroid dienone is 3. The Bertz CT molecular complexity index is 2060. The summed E-state index contributed by atoms with van der Waals surface area (Å²) in [6.45, 7) is 3.80. The highest BCUT2D eigenvalue weighted by molar-refractivity contribution is 6.39. The zero-order chi connectivity index (χ0) is 24.9. The lowest BCUT2D eigenvalue weighted by atomic mass is 9.89. The number of nitrogens with one attached hydrogen (secondary N) is 1. The van der Waals surface area contributed by atoms with E-state index in [0.717, 1.165) is 38.4 Å². The summed E-state index contributed by atoms with van der Waals surface area (Å²) in [5.74, 6) is 0.407. The molecule has 3 heteroatoms. The van der Waals surface area contributed by atoms with Crippen LogP contribution in [-0.4, -0.2) is 15.4 Å². The molecule has 0 radical (unpaired) electrons. The van der Waals surface area contributed by atoms with Gasteiger partial charge in [-0.2, -0.15) is 0 Å². The molecule has 1 N–H and O–H groups in total. The highest BCUT2D eigenvalue weighted by Crippen LogP contribution is 2.45.